The maximum Gasteiger partial charge on any atom is 0.234 e. The average molecular weight is 309 g/mol. The SMILES string of the molecule is CCNc1nc(Cl)nc(C(Cl)(Cl)Cl)c1Cl. The summed E-state index contributed by atoms with van der Waals surface area (Å²) in [7, 11) is 0. The first-order valence-corrected chi connectivity index (χ1v) is 5.79. The number of hydrogen-bond donors (Lipinski definition) is 1. The van der Waals surface area contributed by atoms with Gasteiger partial charge >= 0.3 is 0 Å². The van der Waals surface area contributed by atoms with E-state index in [0.29, 0.717) is 12.4 Å². The van der Waals surface area contributed by atoms with Gasteiger partial charge in [-0.1, -0.05) is 46.4 Å². The second kappa shape index (κ2) is 5.11. The molecule has 0 spiro atoms. The first-order valence-electron chi connectivity index (χ1n) is 3.90. The summed E-state index contributed by atoms with van der Waals surface area (Å²) in [6, 6.07) is 0. The van der Waals surface area contributed by atoms with E-state index >= 15 is 0 Å². The number of nitrogens with zero attached hydrogens (tertiary/aromatic N) is 2. The van der Waals surface area contributed by atoms with Crippen LogP contribution in [0.15, 0.2) is 0 Å². The summed E-state index contributed by atoms with van der Waals surface area (Å²) >= 11 is 28.6. The van der Waals surface area contributed by atoms with Gasteiger partial charge in [0.2, 0.25) is 9.08 Å². The van der Waals surface area contributed by atoms with Crippen molar-refractivity contribution in [3.05, 3.63) is 16.0 Å². The highest BCUT2D eigenvalue weighted by atomic mass is 35.6. The zero-order chi connectivity index (χ0) is 11.6. The predicted molar refractivity (Wildman–Crippen MR) is 65.5 cm³/mol. The summed E-state index contributed by atoms with van der Waals surface area (Å²) in [6.45, 7) is 2.49. The second-order valence-corrected chi connectivity index (χ2v) is 5.53. The topological polar surface area (TPSA) is 37.8 Å². The summed E-state index contributed by atoms with van der Waals surface area (Å²) in [5.74, 6) is 0.348. The van der Waals surface area contributed by atoms with Crippen molar-refractivity contribution in [3.8, 4) is 0 Å². The van der Waals surface area contributed by atoms with Gasteiger partial charge in [0.1, 0.15) is 16.5 Å². The highest BCUT2D eigenvalue weighted by Gasteiger charge is 2.30. The van der Waals surface area contributed by atoms with Gasteiger partial charge in [-0.3, -0.25) is 0 Å². The molecule has 0 aromatic carbocycles. The molecule has 0 bridgehead atoms. The molecule has 8 heteroatoms. The molecule has 0 radical (unpaired) electrons. The zero-order valence-electron chi connectivity index (χ0n) is 7.49. The summed E-state index contributed by atoms with van der Waals surface area (Å²) in [5, 5.41) is 3.01. The molecular weight excluding hydrogens is 303 g/mol. The number of hydrogen-bond acceptors (Lipinski definition) is 3. The van der Waals surface area contributed by atoms with Crippen LogP contribution in [-0.4, -0.2) is 16.5 Å². The third-order valence-corrected chi connectivity index (χ3v) is 2.50. The maximum atomic E-state index is 5.94. The van der Waals surface area contributed by atoms with Gasteiger partial charge in [0, 0.05) is 6.54 Å². The molecule has 15 heavy (non-hydrogen) atoms. The molecule has 0 aliphatic carbocycles. The Bertz CT molecular complexity index is 362. The van der Waals surface area contributed by atoms with Crippen molar-refractivity contribution in [1.29, 1.82) is 0 Å². The van der Waals surface area contributed by atoms with E-state index in [-0.39, 0.29) is 16.0 Å². The Morgan fingerprint density at radius 2 is 1.80 bits per heavy atom. The van der Waals surface area contributed by atoms with Crippen LogP contribution in [0.2, 0.25) is 10.3 Å². The fourth-order valence-corrected chi connectivity index (χ4v) is 1.91. The molecule has 1 N–H and O–H groups in total. The third kappa shape index (κ3) is 3.40. The molecule has 1 heterocycles. The molecule has 0 amide bonds. The summed E-state index contributed by atoms with van der Waals surface area (Å²) in [6.07, 6.45) is 0. The van der Waals surface area contributed by atoms with E-state index in [1.807, 2.05) is 6.92 Å². The molecule has 0 atom stereocenters. The van der Waals surface area contributed by atoms with Crippen LogP contribution >= 0.6 is 58.0 Å². The smallest absolute Gasteiger partial charge is 0.234 e. The summed E-state index contributed by atoms with van der Waals surface area (Å²) < 4.78 is -1.73. The molecule has 84 valence electrons. The number of aromatic nitrogens is 2. The van der Waals surface area contributed by atoms with Gasteiger partial charge in [-0.05, 0) is 18.5 Å². The fraction of sp³-hybridized carbons (Fsp3) is 0.429. The van der Waals surface area contributed by atoms with E-state index < -0.39 is 3.79 Å². The average Bonchev–Trinajstić information content (AvgIpc) is 2.09. The molecule has 0 aliphatic rings. The number of halogens is 5. The van der Waals surface area contributed by atoms with E-state index in [1.54, 1.807) is 0 Å². The summed E-state index contributed by atoms with van der Waals surface area (Å²) in [4.78, 5) is 7.65. The van der Waals surface area contributed by atoms with Crippen LogP contribution in [-0.2, 0) is 3.79 Å². The lowest BCUT2D eigenvalue weighted by Gasteiger charge is -2.14. The number of nitrogens with one attached hydrogen (secondary N) is 1. The minimum absolute atomic E-state index is 0.0309. The highest BCUT2D eigenvalue weighted by molar-refractivity contribution is 6.67. The van der Waals surface area contributed by atoms with Gasteiger partial charge in [0.25, 0.3) is 0 Å². The third-order valence-electron chi connectivity index (χ3n) is 1.44. The van der Waals surface area contributed by atoms with Crippen LogP contribution in [0, 0.1) is 0 Å². The highest BCUT2D eigenvalue weighted by Crippen LogP contribution is 2.42. The van der Waals surface area contributed by atoms with Crippen LogP contribution in [0.5, 0.6) is 0 Å². The van der Waals surface area contributed by atoms with E-state index in [2.05, 4.69) is 15.3 Å². The minimum atomic E-state index is -1.73. The molecular formula is C7H6Cl5N3. The Hall–Kier alpha value is 0.330. The van der Waals surface area contributed by atoms with Crippen molar-refractivity contribution in [2.24, 2.45) is 0 Å². The Labute approximate surface area is 112 Å². The lowest BCUT2D eigenvalue weighted by atomic mass is 10.4. The van der Waals surface area contributed by atoms with Gasteiger partial charge in [-0.2, -0.15) is 4.98 Å². The van der Waals surface area contributed by atoms with Crippen molar-refractivity contribution < 1.29 is 0 Å². The maximum absolute atomic E-state index is 5.94. The molecule has 0 fully saturated rings. The number of alkyl halides is 3. The van der Waals surface area contributed by atoms with Crippen molar-refractivity contribution in [2.75, 3.05) is 11.9 Å². The fourth-order valence-electron chi connectivity index (χ4n) is 0.892. The van der Waals surface area contributed by atoms with Gasteiger partial charge in [-0.15, -0.1) is 0 Å². The Morgan fingerprint density at radius 3 is 2.27 bits per heavy atom. The Morgan fingerprint density at radius 1 is 1.20 bits per heavy atom. The van der Waals surface area contributed by atoms with Crippen LogP contribution in [0.3, 0.4) is 0 Å². The van der Waals surface area contributed by atoms with Crippen molar-refractivity contribution >= 4 is 63.8 Å². The molecule has 1 rings (SSSR count). The first kappa shape index (κ1) is 13.4. The largest absolute Gasteiger partial charge is 0.369 e. The van der Waals surface area contributed by atoms with Crippen LogP contribution in [0.1, 0.15) is 12.6 Å². The van der Waals surface area contributed by atoms with Crippen LogP contribution < -0.4 is 5.32 Å². The molecule has 1 aromatic rings. The summed E-state index contributed by atoms with van der Waals surface area (Å²) in [5.41, 5.74) is 0.0603. The molecule has 1 aromatic heterocycles. The standard InChI is InChI=1S/C7H6Cl5N3/c1-2-13-5-3(8)4(7(10,11)12)14-6(9)15-5/h2H2,1H3,(H,13,14,15). The predicted octanol–water partition coefficient (Wildman–Crippen LogP) is 4.04. The van der Waals surface area contributed by atoms with Crippen LogP contribution in [0.25, 0.3) is 0 Å². The zero-order valence-corrected chi connectivity index (χ0v) is 11.3. The van der Waals surface area contributed by atoms with E-state index in [9.17, 15) is 0 Å². The Kier molecular flexibility index (Phi) is 4.56. The van der Waals surface area contributed by atoms with E-state index in [4.69, 9.17) is 58.0 Å². The number of rotatable bonds is 2. The van der Waals surface area contributed by atoms with Crippen molar-refractivity contribution in [3.63, 3.8) is 0 Å². The van der Waals surface area contributed by atoms with E-state index in [0.717, 1.165) is 0 Å². The minimum Gasteiger partial charge on any atom is -0.369 e. The van der Waals surface area contributed by atoms with Gasteiger partial charge < -0.3 is 5.32 Å². The van der Waals surface area contributed by atoms with Gasteiger partial charge in [0.05, 0.1) is 0 Å². The normalized spacial score (nSPS) is 11.6. The van der Waals surface area contributed by atoms with Crippen LogP contribution in [0.4, 0.5) is 5.82 Å². The second-order valence-electron chi connectivity index (χ2n) is 2.53. The first-order chi connectivity index (χ1) is 6.86. The van der Waals surface area contributed by atoms with Gasteiger partial charge in [-0.25, -0.2) is 4.98 Å². The molecule has 0 saturated carbocycles. The lowest BCUT2D eigenvalue weighted by Crippen LogP contribution is -2.10. The lowest BCUT2D eigenvalue weighted by molar-refractivity contribution is 1.02. The Balaban J connectivity index is 3.28. The monoisotopic (exact) mass is 307 g/mol. The molecule has 0 saturated heterocycles. The van der Waals surface area contributed by atoms with Gasteiger partial charge in [0.15, 0.2) is 0 Å². The van der Waals surface area contributed by atoms with Crippen molar-refractivity contribution in [2.45, 2.75) is 10.7 Å². The van der Waals surface area contributed by atoms with Crippen molar-refractivity contribution in [1.82, 2.24) is 9.97 Å². The van der Waals surface area contributed by atoms with E-state index in [1.165, 1.54) is 0 Å². The quantitative estimate of drug-likeness (QED) is 0.662. The number of anilines is 1. The molecule has 3 nitrogen and oxygen atoms in total. The molecule has 0 aliphatic heterocycles. The molecule has 0 unspecified atom stereocenters.